The van der Waals surface area contributed by atoms with E-state index in [0.717, 1.165) is 13.0 Å². The van der Waals surface area contributed by atoms with Gasteiger partial charge in [-0.2, -0.15) is 0 Å². The maximum absolute atomic E-state index is 11.2. The first kappa shape index (κ1) is 15.0. The van der Waals surface area contributed by atoms with Crippen LogP contribution in [0.2, 0.25) is 0 Å². The van der Waals surface area contributed by atoms with Crippen molar-refractivity contribution in [2.24, 2.45) is 5.14 Å². The number of primary sulfonamides is 1. The van der Waals surface area contributed by atoms with Crippen LogP contribution in [0.25, 0.3) is 0 Å². The third kappa shape index (κ3) is 3.27. The van der Waals surface area contributed by atoms with Crippen molar-refractivity contribution in [1.82, 2.24) is 10.3 Å². The Labute approximate surface area is 129 Å². The van der Waals surface area contributed by atoms with Crippen molar-refractivity contribution >= 4 is 15.8 Å². The summed E-state index contributed by atoms with van der Waals surface area (Å²) >= 11 is 0. The van der Waals surface area contributed by atoms with E-state index in [0.29, 0.717) is 12.4 Å². The number of benzene rings is 1. The molecule has 1 aliphatic rings. The number of hydrogen-bond acceptors (Lipinski definition) is 5. The number of aromatic nitrogens is 1. The number of nitrogens with zero attached hydrogens (tertiary/aromatic N) is 1. The Morgan fingerprint density at radius 3 is 2.82 bits per heavy atom. The van der Waals surface area contributed by atoms with E-state index in [4.69, 9.17) is 5.14 Å². The first-order valence-electron chi connectivity index (χ1n) is 7.08. The molecular formula is C15H18N4O2S. The van der Waals surface area contributed by atoms with Crippen LogP contribution in [-0.4, -0.2) is 26.5 Å². The largest absolute Gasteiger partial charge is 0.368 e. The average Bonchev–Trinajstić information content (AvgIpc) is 2.52. The lowest BCUT2D eigenvalue weighted by molar-refractivity contribution is 0.523. The zero-order valence-corrected chi connectivity index (χ0v) is 12.8. The highest BCUT2D eigenvalue weighted by Gasteiger charge is 2.18. The van der Waals surface area contributed by atoms with Gasteiger partial charge in [0.1, 0.15) is 10.7 Å². The Morgan fingerprint density at radius 1 is 1.27 bits per heavy atom. The summed E-state index contributed by atoms with van der Waals surface area (Å²) in [6, 6.07) is 11.7. The van der Waals surface area contributed by atoms with Crippen LogP contribution in [0.1, 0.15) is 17.2 Å². The van der Waals surface area contributed by atoms with E-state index in [-0.39, 0.29) is 10.9 Å². The van der Waals surface area contributed by atoms with Gasteiger partial charge in [-0.25, -0.2) is 18.5 Å². The molecule has 0 fully saturated rings. The van der Waals surface area contributed by atoms with E-state index in [1.807, 2.05) is 6.07 Å². The molecule has 0 saturated carbocycles. The van der Waals surface area contributed by atoms with E-state index in [1.54, 1.807) is 6.07 Å². The molecule has 0 aliphatic carbocycles. The summed E-state index contributed by atoms with van der Waals surface area (Å²) in [5.74, 6) is 0.622. The highest BCUT2D eigenvalue weighted by Crippen LogP contribution is 2.22. The van der Waals surface area contributed by atoms with Crippen LogP contribution in [0.3, 0.4) is 0 Å². The Morgan fingerprint density at radius 2 is 2.09 bits per heavy atom. The fraction of sp³-hybridized carbons (Fsp3) is 0.267. The fourth-order valence-electron chi connectivity index (χ4n) is 2.63. The van der Waals surface area contributed by atoms with Crippen molar-refractivity contribution in [2.45, 2.75) is 17.4 Å². The number of hydrogen-bond donors (Lipinski definition) is 3. The molecule has 22 heavy (non-hydrogen) atoms. The van der Waals surface area contributed by atoms with Crippen molar-refractivity contribution in [1.29, 1.82) is 0 Å². The second-order valence-corrected chi connectivity index (χ2v) is 6.82. The predicted octanol–water partition coefficient (Wildman–Crippen LogP) is 1.03. The molecule has 6 nitrogen and oxygen atoms in total. The van der Waals surface area contributed by atoms with Crippen molar-refractivity contribution < 1.29 is 8.42 Å². The molecule has 116 valence electrons. The van der Waals surface area contributed by atoms with Crippen molar-refractivity contribution in [3.05, 3.63) is 53.7 Å². The van der Waals surface area contributed by atoms with Gasteiger partial charge >= 0.3 is 0 Å². The second kappa shape index (κ2) is 6.04. The summed E-state index contributed by atoms with van der Waals surface area (Å²) in [7, 11) is -3.70. The summed E-state index contributed by atoms with van der Waals surface area (Å²) in [5.41, 5.74) is 2.66. The lowest BCUT2D eigenvalue weighted by Crippen LogP contribution is -2.34. The number of sulfonamides is 1. The van der Waals surface area contributed by atoms with Gasteiger partial charge in [0.15, 0.2) is 0 Å². The smallest absolute Gasteiger partial charge is 0.239 e. The maximum atomic E-state index is 11.2. The standard InChI is InChI=1S/C15H18N4O2S/c16-22(20,21)12-5-6-15(18-9-12)19-10-14-13-4-2-1-3-11(13)7-8-17-14/h1-6,9,14,17H,7-8,10H2,(H,18,19)(H2,16,20,21). The third-order valence-electron chi connectivity index (χ3n) is 3.77. The molecule has 2 heterocycles. The van der Waals surface area contributed by atoms with Crippen LogP contribution >= 0.6 is 0 Å². The summed E-state index contributed by atoms with van der Waals surface area (Å²) in [6.07, 6.45) is 2.30. The van der Waals surface area contributed by atoms with E-state index >= 15 is 0 Å². The van der Waals surface area contributed by atoms with Gasteiger partial charge in [0.05, 0.1) is 0 Å². The molecule has 1 atom stereocenters. The highest BCUT2D eigenvalue weighted by molar-refractivity contribution is 7.89. The maximum Gasteiger partial charge on any atom is 0.239 e. The number of rotatable bonds is 4. The van der Waals surface area contributed by atoms with Gasteiger partial charge in [-0.05, 0) is 36.2 Å². The molecule has 1 aliphatic heterocycles. The van der Waals surface area contributed by atoms with Crippen molar-refractivity contribution in [3.63, 3.8) is 0 Å². The van der Waals surface area contributed by atoms with Gasteiger partial charge in [-0.15, -0.1) is 0 Å². The summed E-state index contributed by atoms with van der Waals surface area (Å²) in [4.78, 5) is 4.10. The topological polar surface area (TPSA) is 97.1 Å². The van der Waals surface area contributed by atoms with Gasteiger partial charge in [0.25, 0.3) is 0 Å². The first-order chi connectivity index (χ1) is 10.5. The minimum atomic E-state index is -3.70. The van der Waals surface area contributed by atoms with Crippen molar-refractivity contribution in [2.75, 3.05) is 18.4 Å². The van der Waals surface area contributed by atoms with Gasteiger partial charge in [0, 0.05) is 18.8 Å². The Balaban J connectivity index is 1.69. The normalized spacial score (nSPS) is 17.8. The van der Waals surface area contributed by atoms with Crippen LogP contribution in [0.15, 0.2) is 47.5 Å². The van der Waals surface area contributed by atoms with Crippen molar-refractivity contribution in [3.8, 4) is 0 Å². The molecule has 3 rings (SSSR count). The summed E-state index contributed by atoms with van der Waals surface area (Å²) < 4.78 is 22.4. The number of pyridine rings is 1. The van der Waals surface area contributed by atoms with Gasteiger partial charge < -0.3 is 10.6 Å². The SMILES string of the molecule is NS(=O)(=O)c1ccc(NCC2NCCc3ccccc32)nc1. The minimum Gasteiger partial charge on any atom is -0.368 e. The van der Waals surface area contributed by atoms with Crippen LogP contribution < -0.4 is 15.8 Å². The first-order valence-corrected chi connectivity index (χ1v) is 8.62. The van der Waals surface area contributed by atoms with E-state index in [9.17, 15) is 8.42 Å². The number of nitrogens with two attached hydrogens (primary N) is 1. The van der Waals surface area contributed by atoms with E-state index in [1.165, 1.54) is 23.4 Å². The predicted molar refractivity (Wildman–Crippen MR) is 85.0 cm³/mol. The number of anilines is 1. The number of fused-ring (bicyclic) bond motifs is 1. The van der Waals surface area contributed by atoms with Crippen LogP contribution in [0.4, 0.5) is 5.82 Å². The second-order valence-electron chi connectivity index (χ2n) is 5.26. The van der Waals surface area contributed by atoms with Gasteiger partial charge in [-0.3, -0.25) is 0 Å². The average molecular weight is 318 g/mol. The van der Waals surface area contributed by atoms with Crippen LogP contribution in [0, 0.1) is 0 Å². The zero-order valence-electron chi connectivity index (χ0n) is 12.0. The lowest BCUT2D eigenvalue weighted by atomic mass is 9.94. The van der Waals surface area contributed by atoms with E-state index < -0.39 is 10.0 Å². The quantitative estimate of drug-likeness (QED) is 0.782. The molecule has 1 unspecified atom stereocenters. The molecule has 0 spiro atoms. The molecule has 1 aromatic heterocycles. The summed E-state index contributed by atoms with van der Waals surface area (Å²) in [6.45, 7) is 1.62. The molecule has 1 aromatic carbocycles. The van der Waals surface area contributed by atoms with E-state index in [2.05, 4.69) is 33.8 Å². The molecule has 7 heteroatoms. The molecule has 0 saturated heterocycles. The molecule has 0 amide bonds. The zero-order chi connectivity index (χ0) is 15.6. The third-order valence-corrected chi connectivity index (χ3v) is 4.67. The van der Waals surface area contributed by atoms with Gasteiger partial charge in [-0.1, -0.05) is 24.3 Å². The Hall–Kier alpha value is -1.96. The fourth-order valence-corrected chi connectivity index (χ4v) is 3.09. The Kier molecular flexibility index (Phi) is 4.10. The highest BCUT2D eigenvalue weighted by atomic mass is 32.2. The minimum absolute atomic E-state index is 0.0131. The molecule has 4 N–H and O–H groups in total. The summed E-state index contributed by atoms with van der Waals surface area (Å²) in [5, 5.41) is 11.8. The molecule has 0 bridgehead atoms. The monoisotopic (exact) mass is 318 g/mol. The molecule has 0 radical (unpaired) electrons. The van der Waals surface area contributed by atoms with Gasteiger partial charge in [0.2, 0.25) is 10.0 Å². The Bertz CT molecular complexity index is 759. The molecular weight excluding hydrogens is 300 g/mol. The van der Waals surface area contributed by atoms with Crippen LogP contribution in [-0.2, 0) is 16.4 Å². The lowest BCUT2D eigenvalue weighted by Gasteiger charge is -2.27. The van der Waals surface area contributed by atoms with Crippen LogP contribution in [0.5, 0.6) is 0 Å². The molecule has 2 aromatic rings. The number of nitrogens with one attached hydrogen (secondary N) is 2.